The Kier molecular flexibility index (Phi) is 4.45. The summed E-state index contributed by atoms with van der Waals surface area (Å²) in [6, 6.07) is 5.00. The molecular weight excluding hydrogens is 462 g/mol. The summed E-state index contributed by atoms with van der Waals surface area (Å²) < 4.78 is 0.729. The van der Waals surface area contributed by atoms with E-state index in [4.69, 9.17) is 0 Å². The van der Waals surface area contributed by atoms with Gasteiger partial charge in [-0.05, 0) is 50.0 Å². The topological polar surface area (TPSA) is 91.8 Å². The van der Waals surface area contributed by atoms with Crippen molar-refractivity contribution in [3.8, 4) is 5.75 Å². The van der Waals surface area contributed by atoms with Crippen molar-refractivity contribution in [1.82, 2.24) is 4.90 Å². The van der Waals surface area contributed by atoms with Crippen molar-refractivity contribution in [3.63, 3.8) is 0 Å². The van der Waals surface area contributed by atoms with Gasteiger partial charge in [-0.1, -0.05) is 27.6 Å². The number of carbonyl (C=O) groups is 4. The largest absolute Gasteiger partial charge is 0.508 e. The number of imide groups is 1. The standard InChI is InChI=1S/C24H20BrNO5/c1-10-7-18(28)16-9-14-12(4-5-13-20(14)24(31)26(2)23(13)30)19(21(16)22(10)29)15-8-11(25)3-6-17(15)27/h3-4,6-8,13-14,19-20,27H,5,9H2,1-2H3. The fraction of sp³-hybridized carbons (Fsp3) is 0.333. The Morgan fingerprint density at radius 1 is 1.10 bits per heavy atom. The Balaban J connectivity index is 1.75. The summed E-state index contributed by atoms with van der Waals surface area (Å²) in [5, 5.41) is 10.7. The number of Topliss-reactive ketones (excluding diaryl/α,β-unsaturated/α-hetero) is 1. The molecule has 0 radical (unpaired) electrons. The molecule has 1 fully saturated rings. The summed E-state index contributed by atoms with van der Waals surface area (Å²) in [5.74, 6) is -2.89. The molecule has 31 heavy (non-hydrogen) atoms. The third-order valence-electron chi connectivity index (χ3n) is 7.09. The summed E-state index contributed by atoms with van der Waals surface area (Å²) >= 11 is 3.43. The fourth-order valence-electron chi connectivity index (χ4n) is 5.63. The monoisotopic (exact) mass is 481 g/mol. The number of benzene rings is 1. The number of rotatable bonds is 1. The molecular formula is C24H20BrNO5. The zero-order valence-corrected chi connectivity index (χ0v) is 18.6. The number of likely N-dealkylation sites (tertiary alicyclic amines) is 1. The second kappa shape index (κ2) is 6.85. The predicted molar refractivity (Wildman–Crippen MR) is 115 cm³/mol. The van der Waals surface area contributed by atoms with Crippen LogP contribution in [0.4, 0.5) is 0 Å². The second-order valence-electron chi connectivity index (χ2n) is 8.67. The van der Waals surface area contributed by atoms with Gasteiger partial charge in [-0.3, -0.25) is 24.1 Å². The number of ketones is 2. The van der Waals surface area contributed by atoms with Crippen LogP contribution in [0, 0.1) is 17.8 Å². The molecule has 5 rings (SSSR count). The van der Waals surface area contributed by atoms with Crippen LogP contribution in [0.1, 0.15) is 31.2 Å². The van der Waals surface area contributed by atoms with E-state index in [1.165, 1.54) is 18.0 Å². The van der Waals surface area contributed by atoms with E-state index >= 15 is 0 Å². The number of phenolic OH excluding ortho intramolecular Hbond substituents is 1. The fourth-order valence-corrected chi connectivity index (χ4v) is 6.01. The Labute approximate surface area is 187 Å². The van der Waals surface area contributed by atoms with Gasteiger partial charge in [0.05, 0.1) is 11.8 Å². The van der Waals surface area contributed by atoms with Gasteiger partial charge < -0.3 is 5.11 Å². The number of allylic oxidation sites excluding steroid dienone is 6. The van der Waals surface area contributed by atoms with Crippen LogP contribution < -0.4 is 0 Å². The molecule has 4 aliphatic rings. The van der Waals surface area contributed by atoms with E-state index in [0.717, 1.165) is 10.0 Å². The van der Waals surface area contributed by atoms with E-state index in [-0.39, 0.29) is 41.5 Å². The lowest BCUT2D eigenvalue weighted by molar-refractivity contribution is -0.138. The first kappa shape index (κ1) is 20.1. The molecule has 4 atom stereocenters. The van der Waals surface area contributed by atoms with E-state index in [1.54, 1.807) is 25.1 Å². The lowest BCUT2D eigenvalue weighted by Crippen LogP contribution is -2.39. The maximum absolute atomic E-state index is 13.2. The zero-order valence-electron chi connectivity index (χ0n) is 17.0. The zero-order chi connectivity index (χ0) is 22.2. The number of hydrogen-bond donors (Lipinski definition) is 1. The summed E-state index contributed by atoms with van der Waals surface area (Å²) in [6.07, 6.45) is 3.93. The average molecular weight is 482 g/mol. The number of aromatic hydroxyl groups is 1. The molecule has 0 bridgehead atoms. The van der Waals surface area contributed by atoms with Crippen molar-refractivity contribution >= 4 is 39.3 Å². The Morgan fingerprint density at radius 3 is 2.58 bits per heavy atom. The number of carbonyl (C=O) groups excluding carboxylic acids is 4. The minimum atomic E-state index is -0.638. The van der Waals surface area contributed by atoms with Crippen molar-refractivity contribution in [2.45, 2.75) is 25.7 Å². The van der Waals surface area contributed by atoms with Gasteiger partial charge in [-0.15, -0.1) is 0 Å². The van der Waals surface area contributed by atoms with Crippen LogP contribution in [0.2, 0.25) is 0 Å². The first-order valence-electron chi connectivity index (χ1n) is 10.2. The van der Waals surface area contributed by atoms with Crippen molar-refractivity contribution < 1.29 is 24.3 Å². The molecule has 1 aromatic rings. The average Bonchev–Trinajstić information content (AvgIpc) is 2.96. The summed E-state index contributed by atoms with van der Waals surface area (Å²) in [5.41, 5.74) is 2.47. The van der Waals surface area contributed by atoms with Crippen LogP contribution in [-0.2, 0) is 19.2 Å². The van der Waals surface area contributed by atoms with Gasteiger partial charge in [0.25, 0.3) is 0 Å². The van der Waals surface area contributed by atoms with Crippen molar-refractivity contribution in [3.05, 3.63) is 62.7 Å². The molecule has 0 aromatic heterocycles. The molecule has 6 nitrogen and oxygen atoms in total. The first-order valence-corrected chi connectivity index (χ1v) is 11.0. The van der Waals surface area contributed by atoms with Crippen LogP contribution in [0.5, 0.6) is 5.75 Å². The first-order chi connectivity index (χ1) is 14.7. The normalized spacial score (nSPS) is 30.1. The number of fused-ring (bicyclic) bond motifs is 3. The minimum Gasteiger partial charge on any atom is -0.508 e. The number of phenols is 1. The van der Waals surface area contributed by atoms with Crippen molar-refractivity contribution in [1.29, 1.82) is 0 Å². The third-order valence-corrected chi connectivity index (χ3v) is 7.58. The van der Waals surface area contributed by atoms with Gasteiger partial charge in [0.1, 0.15) is 5.75 Å². The highest BCUT2D eigenvalue weighted by Gasteiger charge is 2.55. The Morgan fingerprint density at radius 2 is 1.84 bits per heavy atom. The maximum Gasteiger partial charge on any atom is 0.233 e. The Hall–Kier alpha value is -2.80. The highest BCUT2D eigenvalue weighted by atomic mass is 79.9. The molecule has 1 heterocycles. The molecule has 1 saturated heterocycles. The van der Waals surface area contributed by atoms with E-state index in [1.807, 2.05) is 6.08 Å². The SMILES string of the molecule is CC1=CC(=O)C2=C(C1=O)C(c1cc(Br)ccc1O)C1=CCC3C(=O)N(C)C(=O)C3C1C2. The van der Waals surface area contributed by atoms with Crippen LogP contribution in [-0.4, -0.2) is 40.4 Å². The third kappa shape index (κ3) is 2.75. The minimum absolute atomic E-state index is 0.0159. The van der Waals surface area contributed by atoms with Crippen LogP contribution >= 0.6 is 15.9 Å². The van der Waals surface area contributed by atoms with Gasteiger partial charge in [-0.2, -0.15) is 0 Å². The molecule has 1 aliphatic heterocycles. The number of hydrogen-bond acceptors (Lipinski definition) is 5. The molecule has 0 spiro atoms. The van der Waals surface area contributed by atoms with Crippen LogP contribution in [0.3, 0.4) is 0 Å². The van der Waals surface area contributed by atoms with Crippen LogP contribution in [0.25, 0.3) is 0 Å². The highest BCUT2D eigenvalue weighted by molar-refractivity contribution is 9.10. The van der Waals surface area contributed by atoms with Crippen molar-refractivity contribution in [2.75, 3.05) is 7.05 Å². The van der Waals surface area contributed by atoms with Gasteiger partial charge >= 0.3 is 0 Å². The van der Waals surface area contributed by atoms with Gasteiger partial charge in [-0.25, -0.2) is 0 Å². The summed E-state index contributed by atoms with van der Waals surface area (Å²) in [4.78, 5) is 52.9. The van der Waals surface area contributed by atoms with E-state index in [2.05, 4.69) is 15.9 Å². The van der Waals surface area contributed by atoms with Crippen LogP contribution in [0.15, 0.2) is 57.1 Å². The smallest absolute Gasteiger partial charge is 0.233 e. The number of nitrogens with zero attached hydrogens (tertiary/aromatic N) is 1. The second-order valence-corrected chi connectivity index (χ2v) is 9.58. The number of halogens is 1. The molecule has 4 unspecified atom stereocenters. The summed E-state index contributed by atoms with van der Waals surface area (Å²) in [6.45, 7) is 1.62. The molecule has 1 aromatic carbocycles. The molecule has 2 amide bonds. The highest BCUT2D eigenvalue weighted by Crippen LogP contribution is 2.56. The maximum atomic E-state index is 13.2. The molecule has 3 aliphatic carbocycles. The predicted octanol–water partition coefficient (Wildman–Crippen LogP) is 3.21. The van der Waals surface area contributed by atoms with Gasteiger partial charge in [0.2, 0.25) is 11.8 Å². The van der Waals surface area contributed by atoms with E-state index in [9.17, 15) is 24.3 Å². The van der Waals surface area contributed by atoms with E-state index in [0.29, 0.717) is 28.7 Å². The quantitative estimate of drug-likeness (QED) is 0.377. The van der Waals surface area contributed by atoms with Gasteiger partial charge in [0.15, 0.2) is 11.6 Å². The molecule has 0 saturated carbocycles. The lowest BCUT2D eigenvalue weighted by Gasteiger charge is -2.42. The Bertz CT molecular complexity index is 1190. The van der Waals surface area contributed by atoms with Crippen molar-refractivity contribution in [2.24, 2.45) is 17.8 Å². The lowest BCUT2D eigenvalue weighted by atomic mass is 9.59. The summed E-state index contributed by atoms with van der Waals surface area (Å²) in [7, 11) is 1.50. The van der Waals surface area contributed by atoms with E-state index < -0.39 is 17.8 Å². The molecule has 1 N–H and O–H groups in total. The molecule has 7 heteroatoms. The van der Waals surface area contributed by atoms with Gasteiger partial charge in [0, 0.05) is 39.7 Å². The molecule has 158 valence electrons. The number of amides is 2.